The Morgan fingerprint density at radius 1 is 1.00 bits per heavy atom. The molecule has 0 saturated heterocycles. The molecule has 2 atom stereocenters. The first-order valence-electron chi connectivity index (χ1n) is 7.58. The normalized spacial score (nSPS) is 14.7. The molecule has 0 aliphatic carbocycles. The van der Waals surface area contributed by atoms with Gasteiger partial charge in [-0.1, -0.05) is 13.8 Å². The summed E-state index contributed by atoms with van der Waals surface area (Å²) in [4.78, 5) is 0.228. The monoisotopic (exact) mass is 329 g/mol. The molecule has 2 unspecified atom stereocenters. The fourth-order valence-electron chi connectivity index (χ4n) is 2.37. The SMILES string of the molecule is CCC(C)N(C(C)CC)S(=O)(=O)c1ccc(OC)c(OC)c1. The Bertz CT molecular complexity index is 576. The maximum absolute atomic E-state index is 13.0. The highest BCUT2D eigenvalue weighted by Crippen LogP contribution is 2.32. The Morgan fingerprint density at radius 3 is 1.91 bits per heavy atom. The fourth-order valence-corrected chi connectivity index (χ4v) is 4.35. The average molecular weight is 329 g/mol. The third-order valence-corrected chi connectivity index (χ3v) is 6.11. The molecular weight excluding hydrogens is 302 g/mol. The predicted molar refractivity (Wildman–Crippen MR) is 88.1 cm³/mol. The van der Waals surface area contributed by atoms with Crippen molar-refractivity contribution < 1.29 is 17.9 Å². The molecule has 0 saturated carbocycles. The van der Waals surface area contributed by atoms with Gasteiger partial charge in [0.15, 0.2) is 11.5 Å². The summed E-state index contributed by atoms with van der Waals surface area (Å²) in [6.07, 6.45) is 1.52. The maximum atomic E-state index is 13.0. The highest BCUT2D eigenvalue weighted by atomic mass is 32.2. The molecule has 1 rings (SSSR count). The first-order valence-corrected chi connectivity index (χ1v) is 9.02. The van der Waals surface area contributed by atoms with Crippen molar-refractivity contribution in [1.82, 2.24) is 4.31 Å². The van der Waals surface area contributed by atoms with E-state index in [4.69, 9.17) is 9.47 Å². The van der Waals surface area contributed by atoms with E-state index in [0.29, 0.717) is 11.5 Å². The highest BCUT2D eigenvalue weighted by molar-refractivity contribution is 7.89. The number of ether oxygens (including phenoxy) is 2. The number of benzene rings is 1. The van der Waals surface area contributed by atoms with Crippen LogP contribution in [0.1, 0.15) is 40.5 Å². The van der Waals surface area contributed by atoms with Crippen molar-refractivity contribution in [3.63, 3.8) is 0 Å². The second kappa shape index (κ2) is 7.83. The van der Waals surface area contributed by atoms with Crippen molar-refractivity contribution in [2.75, 3.05) is 14.2 Å². The van der Waals surface area contributed by atoms with E-state index in [1.54, 1.807) is 16.4 Å². The number of rotatable bonds is 8. The molecule has 22 heavy (non-hydrogen) atoms. The van der Waals surface area contributed by atoms with Gasteiger partial charge in [-0.25, -0.2) is 8.42 Å². The number of methoxy groups -OCH3 is 2. The van der Waals surface area contributed by atoms with Gasteiger partial charge in [-0.2, -0.15) is 4.31 Å². The van der Waals surface area contributed by atoms with Gasteiger partial charge in [0.25, 0.3) is 0 Å². The molecule has 5 nitrogen and oxygen atoms in total. The smallest absolute Gasteiger partial charge is 0.243 e. The topological polar surface area (TPSA) is 55.8 Å². The largest absolute Gasteiger partial charge is 0.493 e. The van der Waals surface area contributed by atoms with E-state index in [1.165, 1.54) is 20.3 Å². The van der Waals surface area contributed by atoms with E-state index < -0.39 is 10.0 Å². The summed E-state index contributed by atoms with van der Waals surface area (Å²) in [6.45, 7) is 7.85. The van der Waals surface area contributed by atoms with E-state index in [1.807, 2.05) is 27.7 Å². The first kappa shape index (κ1) is 18.8. The van der Waals surface area contributed by atoms with Gasteiger partial charge in [0.1, 0.15) is 0 Å². The second-order valence-electron chi connectivity index (χ2n) is 5.37. The van der Waals surface area contributed by atoms with Crippen LogP contribution in [-0.2, 0) is 10.0 Å². The molecule has 0 aliphatic rings. The molecule has 0 amide bonds. The summed E-state index contributed by atoms with van der Waals surface area (Å²) >= 11 is 0. The lowest BCUT2D eigenvalue weighted by atomic mass is 10.2. The minimum Gasteiger partial charge on any atom is -0.493 e. The zero-order chi connectivity index (χ0) is 16.9. The Labute approximate surface area is 134 Å². The molecule has 1 aromatic rings. The zero-order valence-electron chi connectivity index (χ0n) is 14.3. The lowest BCUT2D eigenvalue weighted by molar-refractivity contribution is 0.262. The van der Waals surface area contributed by atoms with Gasteiger partial charge in [0, 0.05) is 18.2 Å². The van der Waals surface area contributed by atoms with Crippen molar-refractivity contribution in [1.29, 1.82) is 0 Å². The van der Waals surface area contributed by atoms with E-state index >= 15 is 0 Å². The van der Waals surface area contributed by atoms with E-state index in [-0.39, 0.29) is 17.0 Å². The van der Waals surface area contributed by atoms with Crippen LogP contribution < -0.4 is 9.47 Å². The lowest BCUT2D eigenvalue weighted by Crippen LogP contribution is -2.44. The lowest BCUT2D eigenvalue weighted by Gasteiger charge is -2.32. The number of hydrogen-bond donors (Lipinski definition) is 0. The van der Waals surface area contributed by atoms with Gasteiger partial charge in [0.05, 0.1) is 19.1 Å². The van der Waals surface area contributed by atoms with Crippen LogP contribution in [0.25, 0.3) is 0 Å². The van der Waals surface area contributed by atoms with Crippen LogP contribution in [0.3, 0.4) is 0 Å². The molecule has 1 aromatic carbocycles. The first-order chi connectivity index (χ1) is 10.3. The van der Waals surface area contributed by atoms with Gasteiger partial charge >= 0.3 is 0 Å². The summed E-state index contributed by atoms with van der Waals surface area (Å²) in [5.41, 5.74) is 0. The molecule has 0 radical (unpaired) electrons. The Hall–Kier alpha value is -1.27. The number of sulfonamides is 1. The average Bonchev–Trinajstić information content (AvgIpc) is 2.53. The molecule has 0 fully saturated rings. The van der Waals surface area contributed by atoms with E-state index in [9.17, 15) is 8.42 Å². The molecule has 0 heterocycles. The molecule has 6 heteroatoms. The molecule has 0 aromatic heterocycles. The van der Waals surface area contributed by atoms with Crippen molar-refractivity contribution in [2.45, 2.75) is 57.5 Å². The van der Waals surface area contributed by atoms with Crippen LogP contribution in [0.15, 0.2) is 23.1 Å². The molecule has 0 N–H and O–H groups in total. The molecule has 0 spiro atoms. The van der Waals surface area contributed by atoms with Crippen LogP contribution in [0.4, 0.5) is 0 Å². The minimum atomic E-state index is -3.58. The standard InChI is InChI=1S/C16H27NO4S/c1-7-12(3)17(13(4)8-2)22(18,19)14-9-10-15(20-5)16(11-14)21-6/h9-13H,7-8H2,1-6H3. The molecule has 0 aliphatic heterocycles. The molecule has 0 bridgehead atoms. The van der Waals surface area contributed by atoms with E-state index in [2.05, 4.69) is 0 Å². The molecular formula is C16H27NO4S. The van der Waals surface area contributed by atoms with Crippen LogP contribution in [0.2, 0.25) is 0 Å². The van der Waals surface area contributed by atoms with Crippen LogP contribution in [0.5, 0.6) is 11.5 Å². The van der Waals surface area contributed by atoms with Crippen molar-refractivity contribution in [3.05, 3.63) is 18.2 Å². The third kappa shape index (κ3) is 3.73. The van der Waals surface area contributed by atoms with Crippen molar-refractivity contribution in [2.24, 2.45) is 0 Å². The fraction of sp³-hybridized carbons (Fsp3) is 0.625. The van der Waals surface area contributed by atoms with Gasteiger partial charge < -0.3 is 9.47 Å². The summed E-state index contributed by atoms with van der Waals surface area (Å²) in [5, 5.41) is 0. The molecule has 126 valence electrons. The highest BCUT2D eigenvalue weighted by Gasteiger charge is 2.32. The van der Waals surface area contributed by atoms with E-state index in [0.717, 1.165) is 12.8 Å². The van der Waals surface area contributed by atoms with Crippen LogP contribution in [0, 0.1) is 0 Å². The summed E-state index contributed by atoms with van der Waals surface area (Å²) in [7, 11) is -0.564. The minimum absolute atomic E-state index is 0.0620. The Kier molecular flexibility index (Phi) is 6.68. The summed E-state index contributed by atoms with van der Waals surface area (Å²) in [5.74, 6) is 0.928. The van der Waals surface area contributed by atoms with Gasteiger partial charge in [-0.15, -0.1) is 0 Å². The van der Waals surface area contributed by atoms with Gasteiger partial charge in [-0.05, 0) is 38.8 Å². The predicted octanol–water partition coefficient (Wildman–Crippen LogP) is 3.29. The Balaban J connectivity index is 3.36. The quantitative estimate of drug-likeness (QED) is 0.734. The van der Waals surface area contributed by atoms with Gasteiger partial charge in [-0.3, -0.25) is 0 Å². The van der Waals surface area contributed by atoms with Crippen LogP contribution in [-0.4, -0.2) is 39.0 Å². The Morgan fingerprint density at radius 2 is 1.50 bits per heavy atom. The second-order valence-corrected chi connectivity index (χ2v) is 7.21. The van der Waals surface area contributed by atoms with Crippen molar-refractivity contribution >= 4 is 10.0 Å². The number of nitrogens with zero attached hydrogens (tertiary/aromatic N) is 1. The summed E-state index contributed by atoms with van der Waals surface area (Å²) in [6, 6.07) is 4.58. The number of hydrogen-bond acceptors (Lipinski definition) is 4. The summed E-state index contributed by atoms with van der Waals surface area (Å²) < 4.78 is 38.0. The maximum Gasteiger partial charge on any atom is 0.243 e. The van der Waals surface area contributed by atoms with Crippen LogP contribution >= 0.6 is 0 Å². The zero-order valence-corrected chi connectivity index (χ0v) is 15.1. The van der Waals surface area contributed by atoms with Crippen molar-refractivity contribution in [3.8, 4) is 11.5 Å². The third-order valence-electron chi connectivity index (χ3n) is 3.98. The van der Waals surface area contributed by atoms with Gasteiger partial charge in [0.2, 0.25) is 10.0 Å².